The number of aliphatic hydroxyl groups is 1. The standard InChI is InChI=1S/C13H19FN2O3/c1-13(2,3)9(5-7-17)16-11-10(14)8(12(18)19)4-6-15-11/h4,6,9,17H,5,7H2,1-3H3,(H,15,16)(H,18,19). The lowest BCUT2D eigenvalue weighted by molar-refractivity contribution is 0.0691. The van der Waals surface area contributed by atoms with E-state index in [9.17, 15) is 9.18 Å². The van der Waals surface area contributed by atoms with E-state index in [0.29, 0.717) is 6.42 Å². The van der Waals surface area contributed by atoms with E-state index >= 15 is 0 Å². The van der Waals surface area contributed by atoms with E-state index < -0.39 is 17.3 Å². The molecule has 0 spiro atoms. The fraction of sp³-hybridized carbons (Fsp3) is 0.538. The largest absolute Gasteiger partial charge is 0.478 e. The van der Waals surface area contributed by atoms with Gasteiger partial charge in [0.2, 0.25) is 0 Å². The zero-order valence-corrected chi connectivity index (χ0v) is 11.3. The number of pyridine rings is 1. The zero-order chi connectivity index (χ0) is 14.6. The van der Waals surface area contributed by atoms with Gasteiger partial charge < -0.3 is 15.5 Å². The van der Waals surface area contributed by atoms with Gasteiger partial charge in [-0.25, -0.2) is 14.2 Å². The molecule has 3 N–H and O–H groups in total. The SMILES string of the molecule is CC(C)(C)C(CCO)Nc1nccc(C(=O)O)c1F. The molecule has 1 aromatic rings. The molecular formula is C13H19FN2O3. The van der Waals surface area contributed by atoms with Gasteiger partial charge in [0.1, 0.15) is 5.56 Å². The Bertz CT molecular complexity index is 458. The Hall–Kier alpha value is -1.69. The molecular weight excluding hydrogens is 251 g/mol. The predicted octanol–water partition coefficient (Wildman–Crippen LogP) is 2.13. The molecule has 0 fully saturated rings. The average molecular weight is 270 g/mol. The smallest absolute Gasteiger partial charge is 0.338 e. The first-order chi connectivity index (χ1) is 8.77. The van der Waals surface area contributed by atoms with Crippen LogP contribution in [-0.2, 0) is 0 Å². The van der Waals surface area contributed by atoms with Gasteiger partial charge in [0.05, 0.1) is 0 Å². The number of rotatable bonds is 5. The third-order valence-electron chi connectivity index (χ3n) is 2.89. The van der Waals surface area contributed by atoms with E-state index in [1.807, 2.05) is 20.8 Å². The number of carboxylic acids is 1. The number of hydrogen-bond donors (Lipinski definition) is 3. The summed E-state index contributed by atoms with van der Waals surface area (Å²) < 4.78 is 13.9. The molecule has 5 nitrogen and oxygen atoms in total. The second kappa shape index (κ2) is 5.97. The Balaban J connectivity index is 3.03. The molecule has 0 aliphatic heterocycles. The molecule has 0 saturated carbocycles. The normalized spacial score (nSPS) is 13.1. The first-order valence-electron chi connectivity index (χ1n) is 6.02. The second-order valence-electron chi connectivity index (χ2n) is 5.40. The Morgan fingerprint density at radius 2 is 2.16 bits per heavy atom. The van der Waals surface area contributed by atoms with E-state index in [4.69, 9.17) is 10.2 Å². The van der Waals surface area contributed by atoms with Gasteiger partial charge in [-0.05, 0) is 17.9 Å². The number of aromatic carboxylic acids is 1. The van der Waals surface area contributed by atoms with Gasteiger partial charge in [-0.2, -0.15) is 0 Å². The minimum Gasteiger partial charge on any atom is -0.478 e. The van der Waals surface area contributed by atoms with Gasteiger partial charge in [0, 0.05) is 18.8 Å². The Morgan fingerprint density at radius 1 is 1.53 bits per heavy atom. The summed E-state index contributed by atoms with van der Waals surface area (Å²) in [5.74, 6) is -2.33. The molecule has 6 heteroatoms. The van der Waals surface area contributed by atoms with Crippen LogP contribution in [0.4, 0.5) is 10.2 Å². The van der Waals surface area contributed by atoms with Gasteiger partial charge in [-0.15, -0.1) is 0 Å². The van der Waals surface area contributed by atoms with Crippen LogP contribution in [0.15, 0.2) is 12.3 Å². The van der Waals surface area contributed by atoms with Crippen molar-refractivity contribution in [3.05, 3.63) is 23.6 Å². The highest BCUT2D eigenvalue weighted by atomic mass is 19.1. The predicted molar refractivity (Wildman–Crippen MR) is 69.7 cm³/mol. The molecule has 1 heterocycles. The number of anilines is 1. The molecule has 1 unspecified atom stereocenters. The fourth-order valence-corrected chi connectivity index (χ4v) is 1.73. The summed E-state index contributed by atoms with van der Waals surface area (Å²) in [6.07, 6.45) is 1.66. The Labute approximate surface area is 111 Å². The molecule has 0 aliphatic carbocycles. The maximum atomic E-state index is 13.9. The highest BCUT2D eigenvalue weighted by Gasteiger charge is 2.26. The maximum Gasteiger partial charge on any atom is 0.338 e. The second-order valence-corrected chi connectivity index (χ2v) is 5.40. The molecule has 0 radical (unpaired) electrons. The van der Waals surface area contributed by atoms with Gasteiger partial charge in [0.25, 0.3) is 0 Å². The van der Waals surface area contributed by atoms with Crippen LogP contribution in [0.25, 0.3) is 0 Å². The van der Waals surface area contributed by atoms with Crippen molar-refractivity contribution in [3.8, 4) is 0 Å². The van der Waals surface area contributed by atoms with Gasteiger partial charge >= 0.3 is 5.97 Å². The summed E-state index contributed by atoms with van der Waals surface area (Å²) in [7, 11) is 0. The maximum absolute atomic E-state index is 13.9. The number of hydrogen-bond acceptors (Lipinski definition) is 4. The third-order valence-corrected chi connectivity index (χ3v) is 2.89. The minimum atomic E-state index is -1.34. The summed E-state index contributed by atoms with van der Waals surface area (Å²) in [6.45, 7) is 5.78. The molecule has 19 heavy (non-hydrogen) atoms. The third kappa shape index (κ3) is 3.89. The number of carbonyl (C=O) groups is 1. The zero-order valence-electron chi connectivity index (χ0n) is 11.3. The molecule has 0 aromatic carbocycles. The number of aliphatic hydroxyl groups excluding tert-OH is 1. The molecule has 0 saturated heterocycles. The summed E-state index contributed by atoms with van der Waals surface area (Å²) >= 11 is 0. The quantitative estimate of drug-likeness (QED) is 0.763. The van der Waals surface area contributed by atoms with Crippen LogP contribution in [0.3, 0.4) is 0 Å². The summed E-state index contributed by atoms with van der Waals surface area (Å²) in [6, 6.07) is 0.893. The molecule has 106 valence electrons. The summed E-state index contributed by atoms with van der Waals surface area (Å²) in [5.41, 5.74) is -0.648. The lowest BCUT2D eigenvalue weighted by Crippen LogP contribution is -2.35. The number of aromatic nitrogens is 1. The molecule has 0 aliphatic rings. The van der Waals surface area contributed by atoms with Crippen molar-refractivity contribution in [1.29, 1.82) is 0 Å². The minimum absolute atomic E-state index is 0.0465. The topological polar surface area (TPSA) is 82.5 Å². The Morgan fingerprint density at radius 3 is 2.63 bits per heavy atom. The Kier molecular flexibility index (Phi) is 4.83. The number of carboxylic acid groups (broad SMARTS) is 1. The molecule has 1 atom stereocenters. The van der Waals surface area contributed by atoms with Crippen molar-refractivity contribution in [2.24, 2.45) is 5.41 Å². The van der Waals surface area contributed by atoms with Gasteiger partial charge in [0.15, 0.2) is 11.6 Å². The number of halogens is 1. The van der Waals surface area contributed by atoms with Crippen LogP contribution < -0.4 is 5.32 Å². The number of nitrogens with one attached hydrogen (secondary N) is 1. The van der Waals surface area contributed by atoms with Crippen molar-refractivity contribution in [1.82, 2.24) is 4.98 Å². The van der Waals surface area contributed by atoms with E-state index in [0.717, 1.165) is 6.07 Å². The van der Waals surface area contributed by atoms with Crippen LogP contribution in [-0.4, -0.2) is 33.8 Å². The highest BCUT2D eigenvalue weighted by Crippen LogP contribution is 2.26. The lowest BCUT2D eigenvalue weighted by Gasteiger charge is -2.31. The molecule has 0 amide bonds. The number of nitrogens with zero attached hydrogens (tertiary/aromatic N) is 1. The van der Waals surface area contributed by atoms with Crippen molar-refractivity contribution in [2.75, 3.05) is 11.9 Å². The van der Waals surface area contributed by atoms with Crippen molar-refractivity contribution >= 4 is 11.8 Å². The summed E-state index contributed by atoms with van der Waals surface area (Å²) in [4.78, 5) is 14.7. The monoisotopic (exact) mass is 270 g/mol. The van der Waals surface area contributed by atoms with Gasteiger partial charge in [-0.3, -0.25) is 0 Å². The molecule has 1 rings (SSSR count). The molecule has 0 bridgehead atoms. The van der Waals surface area contributed by atoms with Crippen molar-refractivity contribution in [3.63, 3.8) is 0 Å². The average Bonchev–Trinajstić information content (AvgIpc) is 2.29. The van der Waals surface area contributed by atoms with E-state index in [-0.39, 0.29) is 23.9 Å². The van der Waals surface area contributed by atoms with E-state index in [2.05, 4.69) is 10.3 Å². The van der Waals surface area contributed by atoms with Gasteiger partial charge in [-0.1, -0.05) is 20.8 Å². The van der Waals surface area contributed by atoms with Crippen LogP contribution >= 0.6 is 0 Å². The molecule has 1 aromatic heterocycles. The highest BCUT2D eigenvalue weighted by molar-refractivity contribution is 5.88. The first kappa shape index (κ1) is 15.4. The van der Waals surface area contributed by atoms with Crippen LogP contribution in [0.5, 0.6) is 0 Å². The van der Waals surface area contributed by atoms with Crippen molar-refractivity contribution in [2.45, 2.75) is 33.2 Å². The fourth-order valence-electron chi connectivity index (χ4n) is 1.73. The van der Waals surface area contributed by atoms with Crippen LogP contribution in [0.2, 0.25) is 0 Å². The van der Waals surface area contributed by atoms with E-state index in [1.54, 1.807) is 0 Å². The van der Waals surface area contributed by atoms with Crippen molar-refractivity contribution < 1.29 is 19.4 Å². The summed E-state index contributed by atoms with van der Waals surface area (Å²) in [5, 5.41) is 20.8. The van der Waals surface area contributed by atoms with E-state index in [1.165, 1.54) is 6.20 Å². The lowest BCUT2D eigenvalue weighted by atomic mass is 9.85. The van der Waals surface area contributed by atoms with Crippen LogP contribution in [0.1, 0.15) is 37.6 Å². The first-order valence-corrected chi connectivity index (χ1v) is 6.02. The van der Waals surface area contributed by atoms with Crippen LogP contribution in [0, 0.1) is 11.2 Å².